The number of hydrogen-bond acceptors (Lipinski definition) is 4. The number of halogens is 4. The fourth-order valence-electron chi connectivity index (χ4n) is 4.28. The molecule has 1 N–H and O–H groups in total. The zero-order valence-electron chi connectivity index (χ0n) is 19.4. The molecule has 2 aromatic rings. The van der Waals surface area contributed by atoms with Crippen LogP contribution in [0.5, 0.6) is 0 Å². The Balaban J connectivity index is 1.97. The monoisotopic (exact) mass is 491 g/mol. The third kappa shape index (κ3) is 6.26. The second-order valence-electron chi connectivity index (χ2n) is 8.55. The minimum atomic E-state index is -4.68. The van der Waals surface area contributed by atoms with Crippen molar-refractivity contribution in [3.8, 4) is 0 Å². The molecule has 0 amide bonds. The van der Waals surface area contributed by atoms with E-state index in [1.54, 1.807) is 24.4 Å². The van der Waals surface area contributed by atoms with E-state index in [4.69, 9.17) is 21.4 Å². The first-order valence-corrected chi connectivity index (χ1v) is 11.8. The summed E-state index contributed by atoms with van der Waals surface area (Å²) in [6.07, 6.45) is 8.61. The van der Waals surface area contributed by atoms with Gasteiger partial charge in [-0.25, -0.2) is 4.98 Å². The first-order chi connectivity index (χ1) is 16.1. The number of fused-ring (bicyclic) bond motifs is 1. The number of nitrogens with zero attached hydrogens (tertiary/aromatic N) is 2. The van der Waals surface area contributed by atoms with E-state index in [1.165, 1.54) is 6.07 Å². The zero-order chi connectivity index (χ0) is 24.9. The van der Waals surface area contributed by atoms with Crippen LogP contribution in [0.1, 0.15) is 63.0 Å². The van der Waals surface area contributed by atoms with Crippen molar-refractivity contribution in [1.82, 2.24) is 4.98 Å². The topological polar surface area (TPSA) is 62.2 Å². The second kappa shape index (κ2) is 11.2. The van der Waals surface area contributed by atoms with Gasteiger partial charge in [-0.05, 0) is 62.7 Å². The molecule has 182 valence electrons. The molecule has 1 aliphatic rings. The van der Waals surface area contributed by atoms with E-state index in [-0.39, 0.29) is 29.3 Å². The Morgan fingerprint density at radius 1 is 1.38 bits per heavy atom. The smallest absolute Gasteiger partial charge is 0.420 e. The SMILES string of the molecule is C=C(Cc1cc(Cl)c(C(F)(F)F)c2nc(/C=C/C3CCCC(CC)C(=N)C3)oc12)N=C/C=C\C. The molecular formula is C26H29ClF3N3O. The van der Waals surface area contributed by atoms with Gasteiger partial charge in [0.05, 0.1) is 5.02 Å². The molecule has 34 heavy (non-hydrogen) atoms. The van der Waals surface area contributed by atoms with Gasteiger partial charge in [-0.15, -0.1) is 0 Å². The standard InChI is InChI=1S/C26H29ClF3N3O/c1-4-6-12-32-16(3)13-19-15-20(27)23(26(28,29)30)24-25(19)34-22(33-24)11-10-17-8-7-9-18(5-2)21(31)14-17/h4,6,10-12,15,17-18,31H,3,5,7-9,13-14H2,1-2H3/b6-4-,11-10+,31-21?,32-12?. The Morgan fingerprint density at radius 3 is 2.82 bits per heavy atom. The van der Waals surface area contributed by atoms with Crippen molar-refractivity contribution in [3.63, 3.8) is 0 Å². The molecule has 2 unspecified atom stereocenters. The highest BCUT2D eigenvalue weighted by molar-refractivity contribution is 6.32. The van der Waals surface area contributed by atoms with E-state index in [0.717, 1.165) is 31.4 Å². The number of rotatable bonds is 7. The maximum atomic E-state index is 13.8. The molecule has 2 atom stereocenters. The van der Waals surface area contributed by atoms with E-state index >= 15 is 0 Å². The van der Waals surface area contributed by atoms with Crippen molar-refractivity contribution >= 4 is 40.7 Å². The van der Waals surface area contributed by atoms with Crippen LogP contribution in [0.15, 0.2) is 46.0 Å². The molecule has 8 heteroatoms. The number of allylic oxidation sites excluding steroid dienone is 4. The van der Waals surface area contributed by atoms with Gasteiger partial charge in [-0.2, -0.15) is 13.2 Å². The molecule has 1 aliphatic carbocycles. The molecular weight excluding hydrogens is 463 g/mol. The Kier molecular flexibility index (Phi) is 8.52. The Hall–Kier alpha value is -2.67. The third-order valence-electron chi connectivity index (χ3n) is 6.03. The highest BCUT2D eigenvalue weighted by Gasteiger charge is 2.38. The Labute approximate surface area is 202 Å². The van der Waals surface area contributed by atoms with Gasteiger partial charge in [0, 0.05) is 29.6 Å². The predicted molar refractivity (Wildman–Crippen MR) is 133 cm³/mol. The molecule has 1 heterocycles. The summed E-state index contributed by atoms with van der Waals surface area (Å²) in [6, 6.07) is 1.25. The van der Waals surface area contributed by atoms with Crippen LogP contribution in [-0.2, 0) is 12.6 Å². The number of benzene rings is 1. The molecule has 0 spiro atoms. The fourth-order valence-corrected chi connectivity index (χ4v) is 4.61. The summed E-state index contributed by atoms with van der Waals surface area (Å²) in [5, 5.41) is 7.89. The van der Waals surface area contributed by atoms with Crippen molar-refractivity contribution in [3.05, 3.63) is 58.6 Å². The quantitative estimate of drug-likeness (QED) is 0.312. The van der Waals surface area contributed by atoms with Crippen LogP contribution in [0.3, 0.4) is 0 Å². The summed E-state index contributed by atoms with van der Waals surface area (Å²) in [6.45, 7) is 7.81. The van der Waals surface area contributed by atoms with Crippen molar-refractivity contribution in [2.45, 2.75) is 58.5 Å². The van der Waals surface area contributed by atoms with Crippen LogP contribution >= 0.6 is 11.6 Å². The van der Waals surface area contributed by atoms with Crippen molar-refractivity contribution < 1.29 is 17.6 Å². The Bertz CT molecular complexity index is 1140. The van der Waals surface area contributed by atoms with Gasteiger partial charge in [0.15, 0.2) is 5.58 Å². The summed E-state index contributed by atoms with van der Waals surface area (Å²) >= 11 is 6.05. The van der Waals surface area contributed by atoms with Crippen LogP contribution in [0.2, 0.25) is 5.02 Å². The molecule has 1 aromatic heterocycles. The molecule has 1 fully saturated rings. The minimum Gasteiger partial charge on any atom is -0.436 e. The summed E-state index contributed by atoms with van der Waals surface area (Å²) in [5.41, 5.74) is 0.313. The molecule has 4 nitrogen and oxygen atoms in total. The van der Waals surface area contributed by atoms with Gasteiger partial charge in [-0.3, -0.25) is 4.99 Å². The number of oxazole rings is 1. The summed E-state index contributed by atoms with van der Waals surface area (Å²) < 4.78 is 47.1. The van der Waals surface area contributed by atoms with E-state index < -0.39 is 16.8 Å². The van der Waals surface area contributed by atoms with Gasteiger partial charge in [0.25, 0.3) is 0 Å². The lowest BCUT2D eigenvalue weighted by molar-refractivity contribution is -0.136. The molecule has 0 aliphatic heterocycles. The van der Waals surface area contributed by atoms with Crippen molar-refractivity contribution in [2.24, 2.45) is 16.8 Å². The van der Waals surface area contributed by atoms with Gasteiger partial charge in [0.1, 0.15) is 11.1 Å². The van der Waals surface area contributed by atoms with Crippen LogP contribution in [0.25, 0.3) is 17.2 Å². The first kappa shape index (κ1) is 25.9. The highest BCUT2D eigenvalue weighted by Crippen LogP contribution is 2.41. The normalized spacial score (nSPS) is 20.2. The zero-order valence-corrected chi connectivity index (χ0v) is 20.1. The molecule has 0 saturated heterocycles. The van der Waals surface area contributed by atoms with E-state index in [1.807, 2.05) is 13.0 Å². The number of aliphatic imine (C=N–C) groups is 1. The number of aromatic nitrogens is 1. The number of hydrogen-bond donors (Lipinski definition) is 1. The molecule has 1 aromatic carbocycles. The van der Waals surface area contributed by atoms with E-state index in [2.05, 4.69) is 23.5 Å². The average molecular weight is 492 g/mol. The van der Waals surface area contributed by atoms with Gasteiger partial charge in [0.2, 0.25) is 5.89 Å². The van der Waals surface area contributed by atoms with Crippen LogP contribution in [0.4, 0.5) is 13.2 Å². The maximum Gasteiger partial charge on any atom is 0.420 e. The molecule has 0 radical (unpaired) electrons. The van der Waals surface area contributed by atoms with Crippen LogP contribution < -0.4 is 0 Å². The van der Waals surface area contributed by atoms with Gasteiger partial charge >= 0.3 is 6.18 Å². The van der Waals surface area contributed by atoms with Gasteiger partial charge < -0.3 is 9.83 Å². The summed E-state index contributed by atoms with van der Waals surface area (Å²) in [7, 11) is 0. The Morgan fingerprint density at radius 2 is 2.15 bits per heavy atom. The molecule has 1 saturated carbocycles. The lowest BCUT2D eigenvalue weighted by Crippen LogP contribution is -2.12. The summed E-state index contributed by atoms with van der Waals surface area (Å²) in [4.78, 5) is 8.33. The van der Waals surface area contributed by atoms with E-state index in [0.29, 0.717) is 23.6 Å². The summed E-state index contributed by atoms with van der Waals surface area (Å²) in [5.74, 6) is 0.519. The van der Waals surface area contributed by atoms with Crippen molar-refractivity contribution in [1.29, 1.82) is 5.41 Å². The molecule has 3 rings (SSSR count). The molecule has 0 bridgehead atoms. The van der Waals surface area contributed by atoms with Crippen molar-refractivity contribution in [2.75, 3.05) is 0 Å². The van der Waals surface area contributed by atoms with E-state index in [9.17, 15) is 13.2 Å². The third-order valence-corrected chi connectivity index (χ3v) is 6.33. The largest absolute Gasteiger partial charge is 0.436 e. The second-order valence-corrected chi connectivity index (χ2v) is 8.96. The lowest BCUT2D eigenvalue weighted by Gasteiger charge is -2.12. The number of alkyl halides is 3. The first-order valence-electron chi connectivity index (χ1n) is 11.4. The van der Waals surface area contributed by atoms with Crippen LogP contribution in [0, 0.1) is 17.2 Å². The average Bonchev–Trinajstić information content (AvgIpc) is 3.08. The minimum absolute atomic E-state index is 0.0263. The number of nitrogens with one attached hydrogen (secondary N) is 1. The van der Waals surface area contributed by atoms with Crippen LogP contribution in [-0.4, -0.2) is 16.9 Å². The maximum absolute atomic E-state index is 13.8. The lowest BCUT2D eigenvalue weighted by atomic mass is 9.94. The fraction of sp³-hybridized carbons (Fsp3) is 0.423. The van der Waals surface area contributed by atoms with Gasteiger partial charge in [-0.1, -0.05) is 43.7 Å². The predicted octanol–water partition coefficient (Wildman–Crippen LogP) is 8.45. The highest BCUT2D eigenvalue weighted by atomic mass is 35.5.